The maximum absolute atomic E-state index is 9.20. The van der Waals surface area contributed by atoms with Gasteiger partial charge in [0.25, 0.3) is 0 Å². The van der Waals surface area contributed by atoms with Crippen LogP contribution in [-0.2, 0) is 6.54 Å². The highest BCUT2D eigenvalue weighted by Gasteiger charge is 2.11. The summed E-state index contributed by atoms with van der Waals surface area (Å²) in [5, 5.41) is 15.7. The monoisotopic (exact) mass is 308 g/mol. The van der Waals surface area contributed by atoms with E-state index in [0.717, 1.165) is 47.8 Å². The van der Waals surface area contributed by atoms with Crippen molar-refractivity contribution in [3.63, 3.8) is 0 Å². The second kappa shape index (κ2) is 8.26. The van der Waals surface area contributed by atoms with Gasteiger partial charge in [-0.15, -0.1) is 11.3 Å². The second-order valence-corrected chi connectivity index (χ2v) is 5.91. The summed E-state index contributed by atoms with van der Waals surface area (Å²) in [4.78, 5) is 12.5. The lowest BCUT2D eigenvalue weighted by atomic mass is 10.3. The Labute approximate surface area is 130 Å². The van der Waals surface area contributed by atoms with Crippen molar-refractivity contribution in [3.8, 4) is 0 Å². The number of thiophene rings is 1. The first-order valence-electron chi connectivity index (χ1n) is 7.59. The molecule has 0 aliphatic carbocycles. The third-order valence-electron chi connectivity index (χ3n) is 3.32. The van der Waals surface area contributed by atoms with Crippen molar-refractivity contribution < 1.29 is 5.11 Å². The number of unbranched alkanes of at least 4 members (excludes halogenated alkanes) is 1. The van der Waals surface area contributed by atoms with E-state index in [1.54, 1.807) is 11.3 Å². The molecule has 0 bridgehead atoms. The van der Waals surface area contributed by atoms with E-state index in [0.29, 0.717) is 13.1 Å². The largest absolute Gasteiger partial charge is 0.395 e. The maximum Gasteiger partial charge on any atom is 0.146 e. The van der Waals surface area contributed by atoms with Crippen LogP contribution in [-0.4, -0.2) is 46.2 Å². The lowest BCUT2D eigenvalue weighted by molar-refractivity contribution is 0.185. The summed E-state index contributed by atoms with van der Waals surface area (Å²) >= 11 is 1.64. The van der Waals surface area contributed by atoms with Crippen molar-refractivity contribution in [2.45, 2.75) is 33.2 Å². The van der Waals surface area contributed by atoms with E-state index in [9.17, 15) is 5.11 Å². The average molecular weight is 308 g/mol. The van der Waals surface area contributed by atoms with E-state index in [4.69, 9.17) is 0 Å². The number of nitrogens with one attached hydrogen (secondary N) is 1. The Morgan fingerprint density at radius 2 is 2.14 bits per heavy atom. The third kappa shape index (κ3) is 4.36. The minimum absolute atomic E-state index is 0.172. The zero-order valence-electron chi connectivity index (χ0n) is 12.8. The van der Waals surface area contributed by atoms with Gasteiger partial charge in [-0.2, -0.15) is 0 Å². The number of hydrogen-bond donors (Lipinski definition) is 2. The molecule has 0 unspecified atom stereocenters. The fourth-order valence-electron chi connectivity index (χ4n) is 2.27. The topological polar surface area (TPSA) is 61.3 Å². The molecule has 2 aromatic heterocycles. The number of fused-ring (bicyclic) bond motifs is 1. The summed E-state index contributed by atoms with van der Waals surface area (Å²) < 4.78 is 0. The number of rotatable bonds is 9. The summed E-state index contributed by atoms with van der Waals surface area (Å²) in [5.74, 6) is 1.74. The van der Waals surface area contributed by atoms with Crippen LogP contribution in [0.3, 0.4) is 0 Å². The molecule has 116 valence electrons. The molecule has 0 aliphatic heterocycles. The lowest BCUT2D eigenvalue weighted by Gasteiger charge is -2.20. The molecule has 2 heterocycles. The van der Waals surface area contributed by atoms with Gasteiger partial charge in [-0.3, -0.25) is 4.90 Å². The van der Waals surface area contributed by atoms with Gasteiger partial charge in [0, 0.05) is 13.1 Å². The Kier molecular flexibility index (Phi) is 6.35. The first-order chi connectivity index (χ1) is 10.3. The normalized spacial score (nSPS) is 11.4. The van der Waals surface area contributed by atoms with E-state index in [2.05, 4.69) is 40.1 Å². The Morgan fingerprint density at radius 1 is 1.29 bits per heavy atom. The Hall–Kier alpha value is -1.24. The summed E-state index contributed by atoms with van der Waals surface area (Å²) in [6, 6.07) is 2.06. The van der Waals surface area contributed by atoms with E-state index < -0.39 is 0 Å². The van der Waals surface area contributed by atoms with E-state index in [1.807, 2.05) is 5.38 Å². The molecule has 0 fully saturated rings. The van der Waals surface area contributed by atoms with Crippen molar-refractivity contribution in [1.82, 2.24) is 14.9 Å². The molecule has 21 heavy (non-hydrogen) atoms. The van der Waals surface area contributed by atoms with Gasteiger partial charge in [0.15, 0.2) is 0 Å². The molecular weight excluding hydrogens is 284 g/mol. The van der Waals surface area contributed by atoms with Gasteiger partial charge in [0.05, 0.1) is 18.5 Å². The average Bonchev–Trinajstić information content (AvgIpc) is 2.94. The van der Waals surface area contributed by atoms with Crippen molar-refractivity contribution in [3.05, 3.63) is 17.3 Å². The number of hydrogen-bond acceptors (Lipinski definition) is 6. The summed E-state index contributed by atoms with van der Waals surface area (Å²) in [6.07, 6.45) is 2.27. The Balaban J connectivity index is 2.19. The highest BCUT2D eigenvalue weighted by Crippen LogP contribution is 2.25. The van der Waals surface area contributed by atoms with Crippen LogP contribution in [0, 0.1) is 0 Å². The van der Waals surface area contributed by atoms with Crippen molar-refractivity contribution in [2.24, 2.45) is 0 Å². The van der Waals surface area contributed by atoms with Crippen LogP contribution >= 0.6 is 11.3 Å². The van der Waals surface area contributed by atoms with Gasteiger partial charge in [-0.05, 0) is 31.3 Å². The Bertz CT molecular complexity index is 558. The highest BCUT2D eigenvalue weighted by molar-refractivity contribution is 7.16. The molecule has 0 saturated heterocycles. The van der Waals surface area contributed by atoms with Crippen molar-refractivity contribution in [1.29, 1.82) is 0 Å². The first kappa shape index (κ1) is 16.1. The van der Waals surface area contributed by atoms with Crippen molar-refractivity contribution >= 4 is 27.4 Å². The minimum Gasteiger partial charge on any atom is -0.395 e. The molecular formula is C15H24N4OS. The minimum atomic E-state index is 0.172. The molecule has 0 spiro atoms. The summed E-state index contributed by atoms with van der Waals surface area (Å²) in [6.45, 7) is 7.59. The number of aromatic nitrogens is 2. The fraction of sp³-hybridized carbons (Fsp3) is 0.600. The predicted molar refractivity (Wildman–Crippen MR) is 88.8 cm³/mol. The van der Waals surface area contributed by atoms with E-state index in [-0.39, 0.29) is 6.61 Å². The standard InChI is InChI=1S/C15H24N4OS/c1-3-5-7-19(8-9-20)11-13-17-14(16-4-2)12-6-10-21-15(12)18-13/h6,10,20H,3-5,7-9,11H2,1-2H3,(H,16,17,18). The summed E-state index contributed by atoms with van der Waals surface area (Å²) in [5.41, 5.74) is 0. The van der Waals surface area contributed by atoms with E-state index in [1.165, 1.54) is 0 Å². The molecule has 2 aromatic rings. The van der Waals surface area contributed by atoms with Gasteiger partial charge in [-0.25, -0.2) is 9.97 Å². The van der Waals surface area contributed by atoms with Gasteiger partial charge in [0.1, 0.15) is 16.5 Å². The van der Waals surface area contributed by atoms with Gasteiger partial charge < -0.3 is 10.4 Å². The molecule has 2 N–H and O–H groups in total. The summed E-state index contributed by atoms with van der Waals surface area (Å²) in [7, 11) is 0. The van der Waals surface area contributed by atoms with Crippen LogP contribution in [0.4, 0.5) is 5.82 Å². The second-order valence-electron chi connectivity index (χ2n) is 5.01. The van der Waals surface area contributed by atoms with Crippen LogP contribution in [0.25, 0.3) is 10.2 Å². The quantitative estimate of drug-likeness (QED) is 0.746. The van der Waals surface area contributed by atoms with Crippen LogP contribution in [0.1, 0.15) is 32.5 Å². The number of aliphatic hydroxyl groups is 1. The molecule has 0 aromatic carbocycles. The number of nitrogens with zero attached hydrogens (tertiary/aromatic N) is 3. The Morgan fingerprint density at radius 3 is 2.86 bits per heavy atom. The van der Waals surface area contributed by atoms with Crippen LogP contribution in [0.2, 0.25) is 0 Å². The maximum atomic E-state index is 9.20. The van der Waals surface area contributed by atoms with Crippen LogP contribution < -0.4 is 5.32 Å². The number of anilines is 1. The molecule has 0 saturated carbocycles. The zero-order chi connectivity index (χ0) is 15.1. The highest BCUT2D eigenvalue weighted by atomic mass is 32.1. The molecule has 0 atom stereocenters. The van der Waals surface area contributed by atoms with Gasteiger partial charge in [0.2, 0.25) is 0 Å². The number of aliphatic hydroxyl groups excluding tert-OH is 1. The predicted octanol–water partition coefficient (Wildman–Crippen LogP) is 2.72. The molecule has 2 rings (SSSR count). The smallest absolute Gasteiger partial charge is 0.146 e. The molecule has 6 heteroatoms. The molecule has 5 nitrogen and oxygen atoms in total. The molecule has 0 radical (unpaired) electrons. The van der Waals surface area contributed by atoms with Gasteiger partial charge in [-0.1, -0.05) is 13.3 Å². The van der Waals surface area contributed by atoms with Crippen molar-refractivity contribution in [2.75, 3.05) is 31.6 Å². The first-order valence-corrected chi connectivity index (χ1v) is 8.47. The molecule has 0 amide bonds. The fourth-order valence-corrected chi connectivity index (χ4v) is 3.05. The van der Waals surface area contributed by atoms with Crippen LogP contribution in [0.5, 0.6) is 0 Å². The van der Waals surface area contributed by atoms with Crippen LogP contribution in [0.15, 0.2) is 11.4 Å². The SMILES string of the molecule is CCCCN(CCO)Cc1nc(NCC)c2ccsc2n1. The van der Waals surface area contributed by atoms with Gasteiger partial charge >= 0.3 is 0 Å². The van der Waals surface area contributed by atoms with E-state index >= 15 is 0 Å². The lowest BCUT2D eigenvalue weighted by Crippen LogP contribution is -2.28. The molecule has 0 aliphatic rings. The zero-order valence-corrected chi connectivity index (χ0v) is 13.6. The third-order valence-corrected chi connectivity index (χ3v) is 4.13.